The van der Waals surface area contributed by atoms with E-state index in [0.29, 0.717) is 5.02 Å². The number of rotatable bonds is 3. The molecule has 0 amide bonds. The van der Waals surface area contributed by atoms with E-state index in [2.05, 4.69) is 16.6 Å². The van der Waals surface area contributed by atoms with Crippen LogP contribution in [0, 0.1) is 6.92 Å². The Morgan fingerprint density at radius 1 is 1.47 bits per heavy atom. The van der Waals surface area contributed by atoms with E-state index < -0.39 is 0 Å². The number of hydrogen-bond acceptors (Lipinski definition) is 3. The van der Waals surface area contributed by atoms with Crippen LogP contribution in [-0.4, -0.2) is 9.78 Å². The first kappa shape index (κ1) is 12.1. The largest absolute Gasteiger partial charge is 0.271 e. The van der Waals surface area contributed by atoms with E-state index in [1.165, 1.54) is 5.56 Å². The van der Waals surface area contributed by atoms with Gasteiger partial charge in [-0.05, 0) is 12.5 Å². The highest BCUT2D eigenvalue weighted by Gasteiger charge is 2.19. The van der Waals surface area contributed by atoms with Gasteiger partial charge < -0.3 is 0 Å². The Kier molecular flexibility index (Phi) is 3.47. The number of aryl methyl sites for hydroxylation is 2. The van der Waals surface area contributed by atoms with Gasteiger partial charge in [-0.15, -0.1) is 0 Å². The highest BCUT2D eigenvalue weighted by molar-refractivity contribution is 6.31. The summed E-state index contributed by atoms with van der Waals surface area (Å²) < 4.78 is 1.73. The van der Waals surface area contributed by atoms with Crippen molar-refractivity contribution < 1.29 is 0 Å². The number of hydrogen-bond donors (Lipinski definition) is 2. The van der Waals surface area contributed by atoms with E-state index in [0.717, 1.165) is 11.3 Å². The fourth-order valence-electron chi connectivity index (χ4n) is 1.93. The van der Waals surface area contributed by atoms with Crippen LogP contribution >= 0.6 is 11.6 Å². The maximum Gasteiger partial charge on any atom is 0.0893 e. The number of nitrogens with one attached hydrogen (secondary N) is 1. The molecule has 2 aromatic rings. The van der Waals surface area contributed by atoms with Crippen LogP contribution in [0.1, 0.15) is 22.9 Å². The molecule has 0 bridgehead atoms. The van der Waals surface area contributed by atoms with Gasteiger partial charge in [-0.25, -0.2) is 5.43 Å². The highest BCUT2D eigenvalue weighted by Crippen LogP contribution is 2.27. The number of nitrogens with zero attached hydrogens (tertiary/aromatic N) is 2. The molecule has 0 aliphatic heterocycles. The predicted octanol–water partition coefficient (Wildman–Crippen LogP) is 1.93. The van der Waals surface area contributed by atoms with Gasteiger partial charge in [0.25, 0.3) is 0 Å². The molecule has 0 saturated carbocycles. The molecule has 3 N–H and O–H groups in total. The Morgan fingerprint density at radius 3 is 2.76 bits per heavy atom. The normalized spacial score (nSPS) is 12.7. The fourth-order valence-corrected chi connectivity index (χ4v) is 2.20. The van der Waals surface area contributed by atoms with E-state index in [9.17, 15) is 0 Å². The first-order valence-electron chi connectivity index (χ1n) is 5.33. The van der Waals surface area contributed by atoms with E-state index in [4.69, 9.17) is 17.4 Å². The van der Waals surface area contributed by atoms with E-state index in [-0.39, 0.29) is 6.04 Å². The Bertz CT molecular complexity index is 501. The Balaban J connectivity index is 2.47. The van der Waals surface area contributed by atoms with Crippen LogP contribution in [0.5, 0.6) is 0 Å². The van der Waals surface area contributed by atoms with Crippen LogP contribution < -0.4 is 11.3 Å². The van der Waals surface area contributed by atoms with Crippen molar-refractivity contribution in [2.45, 2.75) is 13.0 Å². The third-order valence-corrected chi connectivity index (χ3v) is 3.04. The molecule has 1 heterocycles. The van der Waals surface area contributed by atoms with E-state index >= 15 is 0 Å². The zero-order chi connectivity index (χ0) is 12.4. The van der Waals surface area contributed by atoms with Crippen molar-refractivity contribution in [3.63, 3.8) is 0 Å². The summed E-state index contributed by atoms with van der Waals surface area (Å²) >= 11 is 6.13. The Hall–Kier alpha value is -1.36. The average Bonchev–Trinajstić information content (AvgIpc) is 2.62. The minimum absolute atomic E-state index is 0.158. The van der Waals surface area contributed by atoms with Crippen molar-refractivity contribution in [1.29, 1.82) is 0 Å². The predicted molar refractivity (Wildman–Crippen MR) is 68.6 cm³/mol. The quantitative estimate of drug-likeness (QED) is 0.647. The Labute approximate surface area is 105 Å². The van der Waals surface area contributed by atoms with Crippen LogP contribution in [0.25, 0.3) is 0 Å². The van der Waals surface area contributed by atoms with Crippen molar-refractivity contribution in [3.05, 3.63) is 52.3 Å². The summed E-state index contributed by atoms with van der Waals surface area (Å²) in [5.74, 6) is 5.63. The molecule has 0 aliphatic carbocycles. The third kappa shape index (κ3) is 2.34. The number of aromatic nitrogens is 2. The molecule has 0 fully saturated rings. The summed E-state index contributed by atoms with van der Waals surface area (Å²) in [7, 11) is 1.85. The van der Waals surface area contributed by atoms with Gasteiger partial charge in [0, 0.05) is 7.05 Å². The maximum absolute atomic E-state index is 6.13. The molecule has 0 aliphatic rings. The number of nitrogens with two attached hydrogens (primary N) is 1. The van der Waals surface area contributed by atoms with Gasteiger partial charge in [-0.1, -0.05) is 41.4 Å². The molecule has 90 valence electrons. The van der Waals surface area contributed by atoms with Gasteiger partial charge in [-0.3, -0.25) is 10.5 Å². The summed E-state index contributed by atoms with van der Waals surface area (Å²) in [6.45, 7) is 2.04. The number of hydrazine groups is 1. The Morgan fingerprint density at radius 2 is 2.24 bits per heavy atom. The second-order valence-corrected chi connectivity index (χ2v) is 4.42. The van der Waals surface area contributed by atoms with Crippen LogP contribution in [0.15, 0.2) is 30.5 Å². The molecule has 1 atom stereocenters. The van der Waals surface area contributed by atoms with Gasteiger partial charge in [0.1, 0.15) is 0 Å². The second kappa shape index (κ2) is 4.87. The summed E-state index contributed by atoms with van der Waals surface area (Å²) in [5.41, 5.74) is 5.89. The van der Waals surface area contributed by atoms with Gasteiger partial charge in [-0.2, -0.15) is 5.10 Å². The molecule has 1 aromatic heterocycles. The van der Waals surface area contributed by atoms with Crippen molar-refractivity contribution in [1.82, 2.24) is 15.2 Å². The number of halogens is 1. The van der Waals surface area contributed by atoms with Gasteiger partial charge in [0.2, 0.25) is 0 Å². The minimum atomic E-state index is -0.158. The molecular formula is C12H15ClN4. The lowest BCUT2D eigenvalue weighted by Gasteiger charge is -2.17. The van der Waals surface area contributed by atoms with Crippen molar-refractivity contribution >= 4 is 11.6 Å². The van der Waals surface area contributed by atoms with Crippen LogP contribution in [0.4, 0.5) is 0 Å². The van der Waals surface area contributed by atoms with Gasteiger partial charge in [0.05, 0.1) is 23.0 Å². The molecule has 0 spiro atoms. The van der Waals surface area contributed by atoms with Crippen molar-refractivity contribution in [2.75, 3.05) is 0 Å². The summed E-state index contributed by atoms with van der Waals surface area (Å²) in [6.07, 6.45) is 1.62. The topological polar surface area (TPSA) is 55.9 Å². The van der Waals surface area contributed by atoms with E-state index in [1.807, 2.05) is 32.2 Å². The maximum atomic E-state index is 6.13. The lowest BCUT2D eigenvalue weighted by atomic mass is 10.0. The lowest BCUT2D eigenvalue weighted by molar-refractivity contribution is 0.575. The fraction of sp³-hybridized carbons (Fsp3) is 0.250. The minimum Gasteiger partial charge on any atom is -0.271 e. The molecule has 4 nitrogen and oxygen atoms in total. The van der Waals surface area contributed by atoms with Crippen LogP contribution in [0.2, 0.25) is 5.02 Å². The summed E-state index contributed by atoms with van der Waals surface area (Å²) in [5, 5.41) is 4.73. The highest BCUT2D eigenvalue weighted by atomic mass is 35.5. The molecular weight excluding hydrogens is 236 g/mol. The SMILES string of the molecule is Cc1cccc(C(NN)c2c(Cl)cnn2C)c1. The smallest absolute Gasteiger partial charge is 0.0893 e. The van der Waals surface area contributed by atoms with Crippen molar-refractivity contribution in [3.8, 4) is 0 Å². The van der Waals surface area contributed by atoms with Gasteiger partial charge >= 0.3 is 0 Å². The zero-order valence-electron chi connectivity index (χ0n) is 9.81. The standard InChI is InChI=1S/C12H15ClN4/c1-8-4-3-5-9(6-8)11(16-14)12-10(13)7-15-17(12)2/h3-7,11,16H,14H2,1-2H3. The monoisotopic (exact) mass is 250 g/mol. The third-order valence-electron chi connectivity index (χ3n) is 2.75. The molecule has 0 saturated heterocycles. The molecule has 17 heavy (non-hydrogen) atoms. The zero-order valence-corrected chi connectivity index (χ0v) is 10.6. The van der Waals surface area contributed by atoms with E-state index in [1.54, 1.807) is 10.9 Å². The molecule has 1 unspecified atom stereocenters. The first-order chi connectivity index (χ1) is 8.13. The second-order valence-electron chi connectivity index (χ2n) is 4.02. The molecule has 5 heteroatoms. The van der Waals surface area contributed by atoms with Crippen molar-refractivity contribution in [2.24, 2.45) is 12.9 Å². The summed E-state index contributed by atoms with van der Waals surface area (Å²) in [4.78, 5) is 0. The molecule has 0 radical (unpaired) electrons. The van der Waals surface area contributed by atoms with Crippen LogP contribution in [-0.2, 0) is 7.05 Å². The number of benzene rings is 1. The molecule has 2 rings (SSSR count). The lowest BCUT2D eigenvalue weighted by Crippen LogP contribution is -2.30. The summed E-state index contributed by atoms with van der Waals surface area (Å²) in [6, 6.07) is 7.98. The molecule has 1 aromatic carbocycles. The average molecular weight is 251 g/mol. The first-order valence-corrected chi connectivity index (χ1v) is 5.71. The van der Waals surface area contributed by atoms with Gasteiger partial charge in [0.15, 0.2) is 0 Å². The van der Waals surface area contributed by atoms with Crippen LogP contribution in [0.3, 0.4) is 0 Å².